The maximum absolute atomic E-state index is 11.1. The number of nitrogens with one attached hydrogen (secondary N) is 1. The minimum Gasteiger partial charge on any atom is -0.265 e. The molecule has 0 saturated carbocycles. The zero-order valence-electron chi connectivity index (χ0n) is 6.40. The first-order valence-corrected chi connectivity index (χ1v) is 3.44. The van der Waals surface area contributed by atoms with Gasteiger partial charge < -0.3 is 0 Å². The van der Waals surface area contributed by atoms with Crippen LogP contribution in [0.3, 0.4) is 0 Å². The summed E-state index contributed by atoms with van der Waals surface area (Å²) in [6.07, 6.45) is 3.08. The van der Waals surface area contributed by atoms with Gasteiger partial charge in [-0.05, 0) is 6.92 Å². The molecule has 5 heteroatoms. The van der Waals surface area contributed by atoms with E-state index in [1.54, 1.807) is 13.1 Å². The molecule has 0 radical (unpaired) electrons. The highest BCUT2D eigenvalue weighted by Gasteiger charge is 1.99. The van der Waals surface area contributed by atoms with Crippen LogP contribution in [0.4, 0.5) is 0 Å². The van der Waals surface area contributed by atoms with E-state index in [4.69, 9.17) is 0 Å². The Balaban J connectivity index is 2.98. The van der Waals surface area contributed by atoms with Crippen molar-refractivity contribution in [3.8, 4) is 0 Å². The molecule has 0 aliphatic rings. The van der Waals surface area contributed by atoms with Crippen molar-refractivity contribution in [2.75, 3.05) is 0 Å². The lowest BCUT2D eigenvalue weighted by Crippen LogP contribution is -2.10. The average Bonchev–Trinajstić information content (AvgIpc) is 2.07. The number of rotatable bonds is 0. The van der Waals surface area contributed by atoms with Gasteiger partial charge in [-0.25, -0.2) is 10.1 Å². The Morgan fingerprint density at radius 3 is 3.08 bits per heavy atom. The number of aryl methyl sites for hydroxylation is 1. The van der Waals surface area contributed by atoms with Crippen LogP contribution in [0.15, 0.2) is 17.2 Å². The summed E-state index contributed by atoms with van der Waals surface area (Å²) in [6, 6.07) is 0. The van der Waals surface area contributed by atoms with Crippen LogP contribution in [0.1, 0.15) is 5.69 Å². The zero-order chi connectivity index (χ0) is 8.55. The summed E-state index contributed by atoms with van der Waals surface area (Å²) in [5, 5.41) is 5.90. The molecule has 1 N–H and O–H groups in total. The first-order chi connectivity index (χ1) is 5.77. The van der Waals surface area contributed by atoms with Gasteiger partial charge in [0.25, 0.3) is 5.56 Å². The fourth-order valence-corrected chi connectivity index (χ4v) is 0.953. The van der Waals surface area contributed by atoms with Crippen LogP contribution < -0.4 is 5.56 Å². The van der Waals surface area contributed by atoms with Crippen molar-refractivity contribution < 1.29 is 0 Å². The number of aromatic amines is 1. The Morgan fingerprint density at radius 2 is 2.25 bits per heavy atom. The molecule has 2 heterocycles. The summed E-state index contributed by atoms with van der Waals surface area (Å²) in [6.45, 7) is 1.78. The summed E-state index contributed by atoms with van der Waals surface area (Å²) < 4.78 is 0. The quantitative estimate of drug-likeness (QED) is 0.592. The van der Waals surface area contributed by atoms with E-state index in [1.165, 1.54) is 6.20 Å². The summed E-state index contributed by atoms with van der Waals surface area (Å²) in [5.74, 6) is 0. The third-order valence-electron chi connectivity index (χ3n) is 1.49. The minimum atomic E-state index is -0.302. The molecule has 5 nitrogen and oxygen atoms in total. The monoisotopic (exact) mass is 162 g/mol. The molecule has 2 aromatic rings. The molecule has 0 aliphatic carbocycles. The molecule has 0 spiro atoms. The minimum absolute atomic E-state index is 0.302. The Labute approximate surface area is 67.5 Å². The van der Waals surface area contributed by atoms with Crippen molar-refractivity contribution >= 4 is 11.0 Å². The standard InChI is InChI=1S/C7H6N4O/c1-4-2-8-5-3-9-11-7(12)6(5)10-4/h2-3H,1H3,(H,11,12). The number of nitrogens with zero attached hydrogens (tertiary/aromatic N) is 3. The highest BCUT2D eigenvalue weighted by Crippen LogP contribution is 1.99. The number of hydrogen-bond acceptors (Lipinski definition) is 4. The normalized spacial score (nSPS) is 10.4. The molecule has 0 bridgehead atoms. The van der Waals surface area contributed by atoms with Gasteiger partial charge in [-0.3, -0.25) is 9.78 Å². The lowest BCUT2D eigenvalue weighted by Gasteiger charge is -1.93. The number of H-pyrrole nitrogens is 1. The second-order valence-electron chi connectivity index (χ2n) is 2.44. The van der Waals surface area contributed by atoms with E-state index >= 15 is 0 Å². The summed E-state index contributed by atoms with van der Waals surface area (Å²) in [7, 11) is 0. The topological polar surface area (TPSA) is 71.5 Å². The van der Waals surface area contributed by atoms with Crippen LogP contribution in [0.2, 0.25) is 0 Å². The van der Waals surface area contributed by atoms with Crippen LogP contribution >= 0.6 is 0 Å². The molecule has 2 rings (SSSR count). The van der Waals surface area contributed by atoms with Gasteiger partial charge in [0.2, 0.25) is 0 Å². The van der Waals surface area contributed by atoms with Gasteiger partial charge in [0.1, 0.15) is 5.52 Å². The molecule has 0 fully saturated rings. The molecule has 0 amide bonds. The average molecular weight is 162 g/mol. The Bertz CT molecular complexity index is 476. The van der Waals surface area contributed by atoms with Crippen LogP contribution in [-0.4, -0.2) is 20.2 Å². The first-order valence-electron chi connectivity index (χ1n) is 3.44. The first kappa shape index (κ1) is 6.90. The van der Waals surface area contributed by atoms with Crippen molar-refractivity contribution in [2.24, 2.45) is 0 Å². The van der Waals surface area contributed by atoms with Crippen LogP contribution in [0.25, 0.3) is 11.0 Å². The van der Waals surface area contributed by atoms with Gasteiger partial charge in [-0.2, -0.15) is 5.10 Å². The predicted molar refractivity (Wildman–Crippen MR) is 42.7 cm³/mol. The lowest BCUT2D eigenvalue weighted by molar-refractivity contribution is 0.989. The smallest absolute Gasteiger partial charge is 0.265 e. The van der Waals surface area contributed by atoms with E-state index in [-0.39, 0.29) is 5.56 Å². The molecule has 0 saturated heterocycles. The molecule has 0 aromatic carbocycles. The SMILES string of the molecule is Cc1cnc2cn[nH]c(=O)c2n1. The summed E-state index contributed by atoms with van der Waals surface area (Å²) in [5.41, 5.74) is 1.28. The second-order valence-corrected chi connectivity index (χ2v) is 2.44. The van der Waals surface area contributed by atoms with E-state index in [0.29, 0.717) is 11.0 Å². The molecular formula is C7H6N4O. The van der Waals surface area contributed by atoms with Gasteiger partial charge in [0.05, 0.1) is 11.9 Å². The molecule has 0 atom stereocenters. The summed E-state index contributed by atoms with van der Waals surface area (Å²) in [4.78, 5) is 19.1. The van der Waals surface area contributed by atoms with Crippen molar-refractivity contribution in [1.29, 1.82) is 0 Å². The molecular weight excluding hydrogens is 156 g/mol. The van der Waals surface area contributed by atoms with Crippen molar-refractivity contribution in [2.45, 2.75) is 6.92 Å². The Kier molecular flexibility index (Phi) is 1.36. The largest absolute Gasteiger partial charge is 0.292 e. The van der Waals surface area contributed by atoms with Crippen LogP contribution in [0, 0.1) is 6.92 Å². The number of fused-ring (bicyclic) bond motifs is 1. The third kappa shape index (κ3) is 0.952. The molecule has 2 aromatic heterocycles. The van der Waals surface area contributed by atoms with Crippen molar-refractivity contribution in [1.82, 2.24) is 20.2 Å². The Morgan fingerprint density at radius 1 is 1.42 bits per heavy atom. The maximum atomic E-state index is 11.1. The lowest BCUT2D eigenvalue weighted by atomic mass is 10.4. The predicted octanol–water partition coefficient (Wildman–Crippen LogP) is 0.0215. The van der Waals surface area contributed by atoms with E-state index in [2.05, 4.69) is 20.2 Å². The highest BCUT2D eigenvalue weighted by molar-refractivity contribution is 5.71. The van der Waals surface area contributed by atoms with Gasteiger partial charge in [-0.15, -0.1) is 0 Å². The Hall–Kier alpha value is -1.78. The fourth-order valence-electron chi connectivity index (χ4n) is 0.953. The van der Waals surface area contributed by atoms with E-state index in [9.17, 15) is 4.79 Å². The summed E-state index contributed by atoms with van der Waals surface area (Å²) >= 11 is 0. The van der Waals surface area contributed by atoms with Gasteiger partial charge in [0, 0.05) is 6.20 Å². The van der Waals surface area contributed by atoms with E-state index < -0.39 is 0 Å². The zero-order valence-corrected chi connectivity index (χ0v) is 6.40. The van der Waals surface area contributed by atoms with Crippen LogP contribution in [0.5, 0.6) is 0 Å². The second kappa shape index (κ2) is 2.37. The maximum Gasteiger partial charge on any atom is 0.292 e. The number of hydrogen-bond donors (Lipinski definition) is 1. The molecule has 60 valence electrons. The van der Waals surface area contributed by atoms with Crippen molar-refractivity contribution in [3.05, 3.63) is 28.4 Å². The molecule has 12 heavy (non-hydrogen) atoms. The highest BCUT2D eigenvalue weighted by atomic mass is 16.1. The fraction of sp³-hybridized carbons (Fsp3) is 0.143. The van der Waals surface area contributed by atoms with Crippen molar-refractivity contribution in [3.63, 3.8) is 0 Å². The van der Waals surface area contributed by atoms with Crippen LogP contribution in [-0.2, 0) is 0 Å². The van der Waals surface area contributed by atoms with E-state index in [1.807, 2.05) is 0 Å². The van der Waals surface area contributed by atoms with Gasteiger partial charge >= 0.3 is 0 Å². The van der Waals surface area contributed by atoms with E-state index in [0.717, 1.165) is 5.69 Å². The van der Waals surface area contributed by atoms with Gasteiger partial charge in [0.15, 0.2) is 5.52 Å². The molecule has 0 unspecified atom stereocenters. The third-order valence-corrected chi connectivity index (χ3v) is 1.49. The molecule has 0 aliphatic heterocycles. The van der Waals surface area contributed by atoms with Gasteiger partial charge in [-0.1, -0.05) is 0 Å². The number of aromatic nitrogens is 4.